The van der Waals surface area contributed by atoms with Crippen molar-refractivity contribution in [1.29, 1.82) is 0 Å². The summed E-state index contributed by atoms with van der Waals surface area (Å²) >= 11 is 0. The molecule has 0 aromatic rings. The van der Waals surface area contributed by atoms with Gasteiger partial charge in [-0.3, -0.25) is 4.79 Å². The van der Waals surface area contributed by atoms with Crippen molar-refractivity contribution in [3.63, 3.8) is 0 Å². The van der Waals surface area contributed by atoms with Crippen LogP contribution in [0.5, 0.6) is 0 Å². The van der Waals surface area contributed by atoms with Crippen molar-refractivity contribution in [2.24, 2.45) is 0 Å². The topological polar surface area (TPSA) is 89.8 Å². The third-order valence-electron chi connectivity index (χ3n) is 3.57. The zero-order chi connectivity index (χ0) is 15.3. The number of carbonyl (C=O) groups is 1. The summed E-state index contributed by atoms with van der Waals surface area (Å²) < 4.78 is 0. The van der Waals surface area contributed by atoms with Crippen molar-refractivity contribution in [3.05, 3.63) is 0 Å². The summed E-state index contributed by atoms with van der Waals surface area (Å²) in [6, 6.07) is 0. The molecule has 0 saturated heterocycles. The van der Waals surface area contributed by atoms with Crippen LogP contribution in [-0.2, 0) is 4.79 Å². The maximum absolute atomic E-state index is 11.7. The van der Waals surface area contributed by atoms with Crippen molar-refractivity contribution in [1.82, 2.24) is 5.32 Å². The van der Waals surface area contributed by atoms with Crippen LogP contribution in [0.25, 0.3) is 0 Å². The van der Waals surface area contributed by atoms with Crippen LogP contribution in [0.3, 0.4) is 0 Å². The third-order valence-corrected chi connectivity index (χ3v) is 3.57. The molecular formula is C15H31NO4. The van der Waals surface area contributed by atoms with E-state index in [4.69, 9.17) is 15.3 Å². The average molecular weight is 289 g/mol. The van der Waals surface area contributed by atoms with E-state index in [1.54, 1.807) is 0 Å². The van der Waals surface area contributed by atoms with Crippen molar-refractivity contribution in [3.8, 4) is 0 Å². The predicted molar refractivity (Wildman–Crippen MR) is 79.4 cm³/mol. The molecule has 0 aliphatic heterocycles. The summed E-state index contributed by atoms with van der Waals surface area (Å²) in [4.78, 5) is 11.7. The van der Waals surface area contributed by atoms with Gasteiger partial charge in [0.2, 0.25) is 5.91 Å². The summed E-state index contributed by atoms with van der Waals surface area (Å²) in [7, 11) is 0. The monoisotopic (exact) mass is 289 g/mol. The first-order chi connectivity index (χ1) is 9.64. The molecule has 0 rings (SSSR count). The number of hydrogen-bond donors (Lipinski definition) is 4. The summed E-state index contributed by atoms with van der Waals surface area (Å²) in [5, 5.41) is 29.8. The lowest BCUT2D eigenvalue weighted by Crippen LogP contribution is -2.57. The van der Waals surface area contributed by atoms with Crippen LogP contribution < -0.4 is 5.32 Å². The van der Waals surface area contributed by atoms with Crippen LogP contribution in [0, 0.1) is 0 Å². The summed E-state index contributed by atoms with van der Waals surface area (Å²) in [5.74, 6) is -0.229. The van der Waals surface area contributed by atoms with Crippen molar-refractivity contribution in [2.45, 2.75) is 70.3 Å². The van der Waals surface area contributed by atoms with Gasteiger partial charge in [-0.25, -0.2) is 0 Å². The van der Waals surface area contributed by atoms with Gasteiger partial charge in [-0.15, -0.1) is 0 Å². The fraction of sp³-hybridized carbons (Fsp3) is 0.933. The van der Waals surface area contributed by atoms with Gasteiger partial charge >= 0.3 is 0 Å². The molecular weight excluding hydrogens is 258 g/mol. The second-order valence-corrected chi connectivity index (χ2v) is 5.53. The lowest BCUT2D eigenvalue weighted by atomic mass is 10.0. The Morgan fingerprint density at radius 2 is 1.30 bits per heavy atom. The highest BCUT2D eigenvalue weighted by Gasteiger charge is 2.29. The molecule has 0 saturated carbocycles. The molecule has 0 aliphatic rings. The molecule has 5 heteroatoms. The number of aliphatic hydroxyl groups excluding tert-OH is 3. The van der Waals surface area contributed by atoms with E-state index in [1.807, 2.05) is 0 Å². The van der Waals surface area contributed by atoms with Gasteiger partial charge in [-0.2, -0.15) is 0 Å². The number of rotatable bonds is 13. The fourth-order valence-corrected chi connectivity index (χ4v) is 2.05. The van der Waals surface area contributed by atoms with Crippen molar-refractivity contribution in [2.75, 3.05) is 19.8 Å². The minimum absolute atomic E-state index is 0.229. The quantitative estimate of drug-likeness (QED) is 0.385. The SMILES string of the molecule is CCCCCCCCCCC(=O)NC(CO)(CO)CO. The third kappa shape index (κ3) is 8.51. The molecule has 0 radical (unpaired) electrons. The Labute approximate surface area is 122 Å². The van der Waals surface area contributed by atoms with Gasteiger partial charge in [0, 0.05) is 6.42 Å². The molecule has 0 aromatic heterocycles. The van der Waals surface area contributed by atoms with Gasteiger partial charge in [-0.05, 0) is 6.42 Å². The Balaban J connectivity index is 3.63. The lowest BCUT2D eigenvalue weighted by molar-refractivity contribution is -0.125. The first-order valence-electron chi connectivity index (χ1n) is 7.77. The van der Waals surface area contributed by atoms with E-state index in [0.29, 0.717) is 6.42 Å². The molecule has 20 heavy (non-hydrogen) atoms. The standard InChI is InChI=1S/C15H31NO4/c1-2-3-4-5-6-7-8-9-10-14(20)16-15(11-17,12-18)13-19/h17-19H,2-13H2,1H3,(H,16,20). The maximum Gasteiger partial charge on any atom is 0.220 e. The van der Waals surface area contributed by atoms with Crippen LogP contribution in [0.15, 0.2) is 0 Å². The number of unbranched alkanes of at least 4 members (excludes halogenated alkanes) is 7. The average Bonchev–Trinajstić information content (AvgIpc) is 2.47. The number of carbonyl (C=O) groups excluding carboxylic acids is 1. The van der Waals surface area contributed by atoms with E-state index in [9.17, 15) is 4.79 Å². The number of amides is 1. The highest BCUT2D eigenvalue weighted by atomic mass is 16.3. The van der Waals surface area contributed by atoms with Gasteiger partial charge in [0.05, 0.1) is 19.8 Å². The van der Waals surface area contributed by atoms with Gasteiger partial charge < -0.3 is 20.6 Å². The van der Waals surface area contributed by atoms with Crippen molar-refractivity contribution >= 4 is 5.91 Å². The Bertz CT molecular complexity index is 234. The largest absolute Gasteiger partial charge is 0.394 e. The Morgan fingerprint density at radius 1 is 0.850 bits per heavy atom. The molecule has 0 aromatic carbocycles. The molecule has 5 nitrogen and oxygen atoms in total. The van der Waals surface area contributed by atoms with Gasteiger partial charge in [0.15, 0.2) is 0 Å². The molecule has 1 amide bonds. The lowest BCUT2D eigenvalue weighted by Gasteiger charge is -2.28. The van der Waals surface area contributed by atoms with E-state index < -0.39 is 25.4 Å². The molecule has 0 aliphatic carbocycles. The summed E-state index contributed by atoms with van der Waals surface area (Å²) in [5.41, 5.74) is -1.29. The Hall–Kier alpha value is -0.650. The second kappa shape index (κ2) is 12.1. The maximum atomic E-state index is 11.7. The van der Waals surface area contributed by atoms with Crippen LogP contribution in [0.4, 0.5) is 0 Å². The minimum atomic E-state index is -1.29. The highest BCUT2D eigenvalue weighted by Crippen LogP contribution is 2.10. The van der Waals surface area contributed by atoms with Crippen LogP contribution in [0.2, 0.25) is 0 Å². The number of aliphatic hydroxyl groups is 3. The Kier molecular flexibility index (Phi) is 11.7. The Morgan fingerprint density at radius 3 is 1.75 bits per heavy atom. The molecule has 0 bridgehead atoms. The molecule has 0 unspecified atom stereocenters. The molecule has 0 fully saturated rings. The van der Waals surface area contributed by atoms with Crippen LogP contribution in [-0.4, -0.2) is 46.6 Å². The van der Waals surface area contributed by atoms with E-state index in [0.717, 1.165) is 19.3 Å². The first kappa shape index (κ1) is 19.4. The van der Waals surface area contributed by atoms with Gasteiger partial charge in [0.1, 0.15) is 5.54 Å². The van der Waals surface area contributed by atoms with E-state index >= 15 is 0 Å². The summed E-state index contributed by atoms with van der Waals surface area (Å²) in [6.07, 6.45) is 9.67. The zero-order valence-corrected chi connectivity index (χ0v) is 12.7. The molecule has 4 N–H and O–H groups in total. The molecule has 0 spiro atoms. The minimum Gasteiger partial charge on any atom is -0.394 e. The molecule has 0 heterocycles. The van der Waals surface area contributed by atoms with Crippen LogP contribution >= 0.6 is 0 Å². The van der Waals surface area contributed by atoms with Gasteiger partial charge in [-0.1, -0.05) is 51.9 Å². The first-order valence-corrected chi connectivity index (χ1v) is 7.77. The van der Waals surface area contributed by atoms with Crippen molar-refractivity contribution < 1.29 is 20.1 Å². The number of nitrogens with one attached hydrogen (secondary N) is 1. The smallest absolute Gasteiger partial charge is 0.220 e. The fourth-order valence-electron chi connectivity index (χ4n) is 2.05. The molecule has 0 atom stereocenters. The van der Waals surface area contributed by atoms with Crippen LogP contribution in [0.1, 0.15) is 64.7 Å². The second-order valence-electron chi connectivity index (χ2n) is 5.53. The number of hydrogen-bond acceptors (Lipinski definition) is 4. The molecule has 120 valence electrons. The zero-order valence-electron chi connectivity index (χ0n) is 12.7. The van der Waals surface area contributed by atoms with E-state index in [2.05, 4.69) is 12.2 Å². The predicted octanol–water partition coefficient (Wildman–Crippen LogP) is 1.35. The normalized spacial score (nSPS) is 11.6. The summed E-state index contributed by atoms with van der Waals surface area (Å²) in [6.45, 7) is 0.791. The van der Waals surface area contributed by atoms with Gasteiger partial charge in [0.25, 0.3) is 0 Å². The van der Waals surface area contributed by atoms with E-state index in [-0.39, 0.29) is 5.91 Å². The van der Waals surface area contributed by atoms with E-state index in [1.165, 1.54) is 32.1 Å². The highest BCUT2D eigenvalue weighted by molar-refractivity contribution is 5.76.